The molecule has 8 heteroatoms. The van der Waals surface area contributed by atoms with Gasteiger partial charge in [-0.25, -0.2) is 9.13 Å². The summed E-state index contributed by atoms with van der Waals surface area (Å²) in [5.74, 6) is -2.17. The highest BCUT2D eigenvalue weighted by Crippen LogP contribution is 2.19. The fraction of sp³-hybridized carbons (Fsp3) is 0.833. The molecule has 0 amide bonds. The van der Waals surface area contributed by atoms with Crippen LogP contribution in [0, 0.1) is 0 Å². The molecule has 4 N–H and O–H groups in total. The lowest BCUT2D eigenvalue weighted by Crippen LogP contribution is -2.42. The van der Waals surface area contributed by atoms with E-state index >= 15 is 0 Å². The predicted molar refractivity (Wildman–Crippen MR) is 43.0 cm³/mol. The van der Waals surface area contributed by atoms with Gasteiger partial charge in [-0.05, 0) is 0 Å². The lowest BCUT2D eigenvalue weighted by Gasteiger charge is -2.21. The van der Waals surface area contributed by atoms with Gasteiger partial charge in [-0.1, -0.05) is 0 Å². The largest absolute Gasteiger partial charge is 0.390 e. The summed E-state index contributed by atoms with van der Waals surface area (Å²) in [6, 6.07) is 0. The van der Waals surface area contributed by atoms with Crippen LogP contribution >= 0.6 is 7.68 Å². The molecule has 0 rings (SSSR count). The normalized spacial score (nSPS) is 19.4. The van der Waals surface area contributed by atoms with Crippen molar-refractivity contribution in [3.63, 3.8) is 0 Å². The van der Waals surface area contributed by atoms with Gasteiger partial charge in [-0.15, -0.1) is 0 Å². The molecule has 0 aliphatic carbocycles. The van der Waals surface area contributed by atoms with Crippen LogP contribution < -0.4 is 0 Å². The zero-order valence-corrected chi connectivity index (χ0v) is 7.95. The van der Waals surface area contributed by atoms with Crippen LogP contribution in [0.25, 0.3) is 0 Å². The second-order valence-electron chi connectivity index (χ2n) is 2.65. The Bertz CT molecular complexity index is 243. The van der Waals surface area contributed by atoms with Crippen molar-refractivity contribution in [2.45, 2.75) is 30.6 Å². The first-order valence-corrected chi connectivity index (χ1v) is 4.96. The Balaban J connectivity index is 4.36. The van der Waals surface area contributed by atoms with E-state index in [-0.39, 0.29) is 0 Å². The number of hydrogen-bond donors (Lipinski definition) is 4. The Hall–Kier alpha value is -0.590. The number of aliphatic hydroxyl groups is 4. The monoisotopic (exact) mass is 226 g/mol. The van der Waals surface area contributed by atoms with E-state index in [1.807, 2.05) is 0 Å². The maximum absolute atomic E-state index is 10.2. The number of carbonyl (C=O) groups is 1. The molecule has 0 bridgehead atoms. The van der Waals surface area contributed by atoms with Crippen LogP contribution in [0.1, 0.15) is 6.42 Å². The van der Waals surface area contributed by atoms with Crippen LogP contribution in [0.4, 0.5) is 0 Å². The molecule has 0 radical (unpaired) electrons. The molecule has 0 saturated heterocycles. The summed E-state index contributed by atoms with van der Waals surface area (Å²) in [4.78, 5) is 9.91. The Kier molecular flexibility index (Phi) is 5.75. The number of aliphatic hydroxyl groups excluding tert-OH is 4. The molecule has 0 aromatic heterocycles. The Morgan fingerprint density at radius 2 is 1.57 bits per heavy atom. The number of rotatable bonds is 6. The summed E-state index contributed by atoms with van der Waals surface area (Å²) >= 11 is 0. The topological polar surface area (TPSA) is 132 Å². The van der Waals surface area contributed by atoms with Gasteiger partial charge < -0.3 is 25.2 Å². The first-order chi connectivity index (χ1) is 6.41. The Labute approximate surface area is 79.8 Å². The molecule has 0 saturated carbocycles. The SMILES string of the molecule is O=CC[C@@H](O)[C@H](O)[C@H](O)C(O)P(=O)=O. The third-order valence-corrected chi connectivity index (χ3v) is 2.34. The number of carbonyl (C=O) groups excluding carboxylic acids is 1. The average molecular weight is 226 g/mol. The standard InChI is InChI=1S/C6H11O7P/c7-2-1-3(8)4(9)5(10)6(11)14(12)13/h2-6,8-11H,1H2/t3-,4+,5+,6?/m1/s1. The highest BCUT2D eigenvalue weighted by Gasteiger charge is 2.32. The molecule has 0 aliphatic heterocycles. The molecule has 0 spiro atoms. The minimum absolute atomic E-state index is 0.296. The van der Waals surface area contributed by atoms with Crippen molar-refractivity contribution in [1.82, 2.24) is 0 Å². The van der Waals surface area contributed by atoms with Gasteiger partial charge in [0.1, 0.15) is 18.5 Å². The third-order valence-electron chi connectivity index (χ3n) is 1.60. The summed E-state index contributed by atoms with van der Waals surface area (Å²) in [5.41, 5.74) is 0. The maximum Gasteiger partial charge on any atom is 0.347 e. The van der Waals surface area contributed by atoms with Crippen LogP contribution in [-0.4, -0.2) is 50.9 Å². The van der Waals surface area contributed by atoms with Crippen molar-refractivity contribution < 1.29 is 34.4 Å². The van der Waals surface area contributed by atoms with Crippen LogP contribution in [0.15, 0.2) is 0 Å². The molecule has 14 heavy (non-hydrogen) atoms. The summed E-state index contributed by atoms with van der Waals surface area (Å²) in [6.07, 6.45) is -5.69. The van der Waals surface area contributed by atoms with Gasteiger partial charge in [-0.3, -0.25) is 0 Å². The highest BCUT2D eigenvalue weighted by atomic mass is 31.1. The Morgan fingerprint density at radius 1 is 1.07 bits per heavy atom. The van der Waals surface area contributed by atoms with Crippen LogP contribution in [0.5, 0.6) is 0 Å². The molecule has 0 aromatic rings. The first-order valence-electron chi connectivity index (χ1n) is 3.71. The summed E-state index contributed by atoms with van der Waals surface area (Å²) in [6.45, 7) is 0. The quantitative estimate of drug-likeness (QED) is 0.308. The lowest BCUT2D eigenvalue weighted by molar-refractivity contribution is -0.116. The zero-order chi connectivity index (χ0) is 11.3. The van der Waals surface area contributed by atoms with E-state index in [2.05, 4.69) is 0 Å². The van der Waals surface area contributed by atoms with Gasteiger partial charge in [0.05, 0.1) is 6.10 Å². The van der Waals surface area contributed by atoms with Crippen molar-refractivity contribution >= 4 is 14.0 Å². The second kappa shape index (κ2) is 6.00. The van der Waals surface area contributed by atoms with Gasteiger partial charge >= 0.3 is 7.68 Å². The van der Waals surface area contributed by atoms with Gasteiger partial charge in [0.25, 0.3) is 0 Å². The third kappa shape index (κ3) is 3.65. The van der Waals surface area contributed by atoms with Crippen molar-refractivity contribution in [3.05, 3.63) is 0 Å². The van der Waals surface area contributed by atoms with Crippen molar-refractivity contribution in [3.8, 4) is 0 Å². The van der Waals surface area contributed by atoms with Crippen LogP contribution in [0.3, 0.4) is 0 Å². The average Bonchev–Trinajstić information content (AvgIpc) is 2.14. The molecule has 4 atom stereocenters. The smallest absolute Gasteiger partial charge is 0.347 e. The van der Waals surface area contributed by atoms with Gasteiger partial charge in [-0.2, -0.15) is 0 Å². The molecule has 7 nitrogen and oxygen atoms in total. The molecule has 1 unspecified atom stereocenters. The van der Waals surface area contributed by atoms with Gasteiger partial charge in [0, 0.05) is 6.42 Å². The molecule has 82 valence electrons. The fourth-order valence-electron chi connectivity index (χ4n) is 0.767. The first kappa shape index (κ1) is 13.4. The molecule has 0 heterocycles. The summed E-state index contributed by atoms with van der Waals surface area (Å²) in [7, 11) is -3.32. The maximum atomic E-state index is 10.2. The number of aldehydes is 1. The zero-order valence-electron chi connectivity index (χ0n) is 7.05. The molecule has 0 aliphatic rings. The van der Waals surface area contributed by atoms with Crippen LogP contribution in [-0.2, 0) is 13.9 Å². The van der Waals surface area contributed by atoms with Gasteiger partial charge in [0.2, 0.25) is 0 Å². The van der Waals surface area contributed by atoms with Crippen molar-refractivity contribution in [2.24, 2.45) is 0 Å². The van der Waals surface area contributed by atoms with E-state index in [4.69, 9.17) is 20.4 Å². The summed E-state index contributed by atoms with van der Waals surface area (Å²) < 4.78 is 20.4. The number of hydrogen-bond acceptors (Lipinski definition) is 7. The summed E-state index contributed by atoms with van der Waals surface area (Å²) in [5, 5.41) is 35.8. The molecule has 0 aromatic carbocycles. The van der Waals surface area contributed by atoms with Crippen LogP contribution in [0.2, 0.25) is 0 Å². The minimum Gasteiger partial charge on any atom is -0.390 e. The molecule has 0 fully saturated rings. The van der Waals surface area contributed by atoms with Crippen molar-refractivity contribution in [2.75, 3.05) is 0 Å². The predicted octanol–water partition coefficient (Wildman–Crippen LogP) is -1.85. The van der Waals surface area contributed by atoms with Gasteiger partial charge in [0.15, 0.2) is 5.85 Å². The van der Waals surface area contributed by atoms with E-state index in [0.29, 0.717) is 6.29 Å². The minimum atomic E-state index is -3.32. The Morgan fingerprint density at radius 3 is 1.93 bits per heavy atom. The lowest BCUT2D eigenvalue weighted by atomic mass is 10.1. The van der Waals surface area contributed by atoms with E-state index in [0.717, 1.165) is 0 Å². The van der Waals surface area contributed by atoms with E-state index < -0.39 is 38.3 Å². The van der Waals surface area contributed by atoms with E-state index in [1.54, 1.807) is 0 Å². The molecular formula is C6H11O7P. The van der Waals surface area contributed by atoms with E-state index in [1.165, 1.54) is 0 Å². The molecular weight excluding hydrogens is 215 g/mol. The second-order valence-corrected chi connectivity index (χ2v) is 3.75. The highest BCUT2D eigenvalue weighted by molar-refractivity contribution is 7.31. The fourth-order valence-corrected chi connectivity index (χ4v) is 1.19. The van der Waals surface area contributed by atoms with Crippen molar-refractivity contribution in [1.29, 1.82) is 0 Å². The van der Waals surface area contributed by atoms with E-state index in [9.17, 15) is 13.9 Å².